The maximum absolute atomic E-state index is 12.5. The number of sulfone groups is 1. The molecule has 1 saturated heterocycles. The number of H-pyrrole nitrogens is 1. The van der Waals surface area contributed by atoms with E-state index in [2.05, 4.69) is 10.2 Å². The molecule has 7 nitrogen and oxygen atoms in total. The number of carbonyl (C=O) groups excluding carboxylic acids is 1. The molecule has 0 spiro atoms. The Kier molecular flexibility index (Phi) is 4.31. The Hall–Kier alpha value is -2.00. The summed E-state index contributed by atoms with van der Waals surface area (Å²) >= 11 is 1.41. The van der Waals surface area contributed by atoms with Crippen molar-refractivity contribution in [3.8, 4) is 0 Å². The summed E-state index contributed by atoms with van der Waals surface area (Å²) in [5.74, 6) is -0.451. The molecule has 1 fully saturated rings. The normalized spacial score (nSPS) is 20.9. The van der Waals surface area contributed by atoms with Crippen LogP contribution in [-0.2, 0) is 9.84 Å². The third-order valence-electron chi connectivity index (χ3n) is 3.79. The first-order chi connectivity index (χ1) is 11.0. The van der Waals surface area contributed by atoms with E-state index in [4.69, 9.17) is 0 Å². The van der Waals surface area contributed by atoms with Crippen LogP contribution in [0.5, 0.6) is 0 Å². The van der Waals surface area contributed by atoms with Crippen molar-refractivity contribution >= 4 is 27.1 Å². The number of thiophene rings is 1. The lowest BCUT2D eigenvalue weighted by Crippen LogP contribution is -2.34. The molecule has 0 aliphatic carbocycles. The van der Waals surface area contributed by atoms with Crippen molar-refractivity contribution < 1.29 is 13.2 Å². The number of nitrogens with zero attached hydrogens (tertiary/aromatic N) is 2. The Labute approximate surface area is 136 Å². The van der Waals surface area contributed by atoms with Crippen LogP contribution < -0.4 is 5.56 Å². The SMILES string of the molecule is O=C(c1ccc(=O)[nH]n1)N1CCC(c2cccs2)S(=O)(=O)CC1. The Bertz CT molecular complexity index is 838. The van der Waals surface area contributed by atoms with Crippen molar-refractivity contribution in [1.29, 1.82) is 0 Å². The zero-order valence-corrected chi connectivity index (χ0v) is 13.8. The summed E-state index contributed by atoms with van der Waals surface area (Å²) in [5.41, 5.74) is -0.283. The summed E-state index contributed by atoms with van der Waals surface area (Å²) in [6, 6.07) is 6.21. The summed E-state index contributed by atoms with van der Waals surface area (Å²) in [6.07, 6.45) is 0.359. The minimum Gasteiger partial charge on any atom is -0.336 e. The predicted octanol–water partition coefficient (Wildman–Crippen LogP) is 0.833. The first kappa shape index (κ1) is 15.9. The van der Waals surface area contributed by atoms with Crippen LogP contribution in [0, 0.1) is 0 Å². The van der Waals surface area contributed by atoms with Gasteiger partial charge in [-0.2, -0.15) is 5.10 Å². The molecule has 1 atom stereocenters. The van der Waals surface area contributed by atoms with Crippen LogP contribution in [0.15, 0.2) is 34.4 Å². The summed E-state index contributed by atoms with van der Waals surface area (Å²) in [5, 5.41) is 7.21. The molecule has 0 bridgehead atoms. The highest BCUT2D eigenvalue weighted by atomic mass is 32.2. The molecule has 1 unspecified atom stereocenters. The lowest BCUT2D eigenvalue weighted by atomic mass is 10.2. The summed E-state index contributed by atoms with van der Waals surface area (Å²) in [7, 11) is -3.30. The molecule has 1 aliphatic heterocycles. The van der Waals surface area contributed by atoms with Crippen molar-refractivity contribution in [2.45, 2.75) is 11.7 Å². The monoisotopic (exact) mass is 353 g/mol. The van der Waals surface area contributed by atoms with Crippen LogP contribution >= 0.6 is 11.3 Å². The molecule has 1 N–H and O–H groups in total. The molecule has 1 amide bonds. The van der Waals surface area contributed by atoms with Gasteiger partial charge in [-0.25, -0.2) is 13.5 Å². The van der Waals surface area contributed by atoms with Gasteiger partial charge in [-0.1, -0.05) is 6.07 Å². The number of aromatic amines is 1. The smallest absolute Gasteiger partial charge is 0.274 e. The lowest BCUT2D eigenvalue weighted by Gasteiger charge is -2.19. The first-order valence-corrected chi connectivity index (χ1v) is 9.67. The largest absolute Gasteiger partial charge is 0.336 e. The average Bonchev–Trinajstić information content (AvgIpc) is 2.99. The second-order valence-corrected chi connectivity index (χ2v) is 8.54. The van der Waals surface area contributed by atoms with E-state index >= 15 is 0 Å². The fraction of sp³-hybridized carbons (Fsp3) is 0.357. The van der Waals surface area contributed by atoms with Gasteiger partial charge in [-0.05, 0) is 23.9 Å². The van der Waals surface area contributed by atoms with Gasteiger partial charge in [0.25, 0.3) is 11.5 Å². The van der Waals surface area contributed by atoms with Gasteiger partial charge >= 0.3 is 0 Å². The number of hydrogen-bond donors (Lipinski definition) is 1. The molecule has 2 aromatic rings. The van der Waals surface area contributed by atoms with Crippen LogP contribution in [0.25, 0.3) is 0 Å². The average molecular weight is 353 g/mol. The van der Waals surface area contributed by atoms with E-state index in [9.17, 15) is 18.0 Å². The van der Waals surface area contributed by atoms with E-state index in [-0.39, 0.29) is 23.9 Å². The van der Waals surface area contributed by atoms with Gasteiger partial charge in [0.05, 0.1) is 11.0 Å². The zero-order valence-electron chi connectivity index (χ0n) is 12.1. The fourth-order valence-electron chi connectivity index (χ4n) is 2.57. The van der Waals surface area contributed by atoms with Crippen LogP contribution in [0.4, 0.5) is 0 Å². The van der Waals surface area contributed by atoms with Crippen molar-refractivity contribution in [2.24, 2.45) is 0 Å². The highest BCUT2D eigenvalue weighted by Gasteiger charge is 2.33. The second-order valence-electron chi connectivity index (χ2n) is 5.26. The van der Waals surface area contributed by atoms with Gasteiger partial charge < -0.3 is 4.90 Å². The third kappa shape index (κ3) is 3.35. The van der Waals surface area contributed by atoms with Gasteiger partial charge in [0, 0.05) is 24.0 Å². The Morgan fingerprint density at radius 1 is 1.30 bits per heavy atom. The van der Waals surface area contributed by atoms with E-state index < -0.39 is 20.6 Å². The lowest BCUT2D eigenvalue weighted by molar-refractivity contribution is 0.0759. The van der Waals surface area contributed by atoms with Crippen molar-refractivity contribution in [3.63, 3.8) is 0 Å². The molecule has 3 heterocycles. The number of carbonyl (C=O) groups is 1. The van der Waals surface area contributed by atoms with Crippen LogP contribution in [0.3, 0.4) is 0 Å². The molecule has 9 heteroatoms. The molecule has 3 rings (SSSR count). The second kappa shape index (κ2) is 6.25. The number of aromatic nitrogens is 2. The van der Waals surface area contributed by atoms with Gasteiger partial charge in [0.2, 0.25) is 0 Å². The topological polar surface area (TPSA) is 100 Å². The minimum atomic E-state index is -3.30. The van der Waals surface area contributed by atoms with Crippen molar-refractivity contribution in [3.05, 3.63) is 50.6 Å². The molecule has 122 valence electrons. The standard InChI is InChI=1S/C14H15N3O4S2/c18-13-4-3-10(15-16-13)14(19)17-6-5-12(11-2-1-8-22-11)23(20,21)9-7-17/h1-4,8,12H,5-7,9H2,(H,16,18). The molecule has 0 aromatic carbocycles. The zero-order chi connectivity index (χ0) is 16.4. The minimum absolute atomic E-state index is 0.0787. The van der Waals surface area contributed by atoms with Crippen molar-refractivity contribution in [1.82, 2.24) is 15.1 Å². The van der Waals surface area contributed by atoms with E-state index in [0.717, 1.165) is 4.88 Å². The highest BCUT2D eigenvalue weighted by molar-refractivity contribution is 7.91. The third-order valence-corrected chi connectivity index (χ3v) is 7.03. The molecular weight excluding hydrogens is 338 g/mol. The van der Waals surface area contributed by atoms with Crippen LogP contribution in [0.2, 0.25) is 0 Å². The summed E-state index contributed by atoms with van der Waals surface area (Å²) < 4.78 is 24.9. The molecule has 2 aromatic heterocycles. The van der Waals surface area contributed by atoms with E-state index in [1.807, 2.05) is 17.5 Å². The molecule has 0 saturated carbocycles. The Balaban J connectivity index is 1.81. The molecular formula is C14H15N3O4S2. The predicted molar refractivity (Wildman–Crippen MR) is 86.2 cm³/mol. The fourth-order valence-corrected chi connectivity index (χ4v) is 5.57. The number of amides is 1. The van der Waals surface area contributed by atoms with Gasteiger partial charge in [0.15, 0.2) is 9.84 Å². The number of hydrogen-bond acceptors (Lipinski definition) is 6. The van der Waals surface area contributed by atoms with Gasteiger partial charge in [0.1, 0.15) is 5.69 Å². The molecule has 1 aliphatic rings. The quantitative estimate of drug-likeness (QED) is 0.862. The van der Waals surface area contributed by atoms with Gasteiger partial charge in [-0.15, -0.1) is 11.3 Å². The van der Waals surface area contributed by atoms with Crippen molar-refractivity contribution in [2.75, 3.05) is 18.8 Å². The number of rotatable bonds is 2. The maximum atomic E-state index is 12.5. The Morgan fingerprint density at radius 2 is 2.13 bits per heavy atom. The summed E-state index contributed by atoms with van der Waals surface area (Å²) in [4.78, 5) is 25.7. The van der Waals surface area contributed by atoms with E-state index in [1.54, 1.807) is 0 Å². The molecule has 23 heavy (non-hydrogen) atoms. The van der Waals surface area contributed by atoms with E-state index in [1.165, 1.54) is 28.4 Å². The Morgan fingerprint density at radius 3 is 2.78 bits per heavy atom. The van der Waals surface area contributed by atoms with Gasteiger partial charge in [-0.3, -0.25) is 9.59 Å². The first-order valence-electron chi connectivity index (χ1n) is 7.07. The van der Waals surface area contributed by atoms with Crippen LogP contribution in [0.1, 0.15) is 27.0 Å². The van der Waals surface area contributed by atoms with E-state index in [0.29, 0.717) is 13.0 Å². The molecule has 0 radical (unpaired) electrons. The number of nitrogens with one attached hydrogen (secondary N) is 1. The summed E-state index contributed by atoms with van der Waals surface area (Å²) in [6.45, 7) is 0.464. The van der Waals surface area contributed by atoms with Crippen LogP contribution in [-0.4, -0.2) is 48.3 Å². The highest BCUT2D eigenvalue weighted by Crippen LogP contribution is 2.32. The maximum Gasteiger partial charge on any atom is 0.274 e.